The van der Waals surface area contributed by atoms with Crippen LogP contribution < -0.4 is 10.6 Å². The van der Waals surface area contributed by atoms with E-state index in [0.717, 1.165) is 78.2 Å². The van der Waals surface area contributed by atoms with Gasteiger partial charge in [-0.05, 0) is 18.3 Å². The number of morpholine rings is 2. The van der Waals surface area contributed by atoms with E-state index in [4.69, 9.17) is 9.47 Å². The summed E-state index contributed by atoms with van der Waals surface area (Å²) in [5, 5.41) is 7.06. The molecule has 0 bridgehead atoms. The Labute approximate surface area is 189 Å². The van der Waals surface area contributed by atoms with Gasteiger partial charge >= 0.3 is 0 Å². The fraction of sp³-hybridized carbons (Fsp3) is 0.950. The lowest BCUT2D eigenvalue weighted by Crippen LogP contribution is -2.51. The Morgan fingerprint density at radius 3 is 2.07 bits per heavy atom. The number of nitrogens with one attached hydrogen (secondary N) is 2. The first kappa shape index (κ1) is 25.9. The molecule has 7 nitrogen and oxygen atoms in total. The Bertz CT molecular complexity index is 427. The summed E-state index contributed by atoms with van der Waals surface area (Å²) < 4.78 is 10.9. The normalized spacial score (nSPS) is 21.8. The van der Waals surface area contributed by atoms with Gasteiger partial charge in [-0.1, -0.05) is 20.8 Å². The average molecular weight is 511 g/mol. The second kappa shape index (κ2) is 14.8. The molecule has 2 N–H and O–H groups in total. The van der Waals surface area contributed by atoms with Gasteiger partial charge in [0.05, 0.1) is 26.4 Å². The largest absolute Gasteiger partial charge is 0.379 e. The Kier molecular flexibility index (Phi) is 13.6. The molecule has 2 aliphatic rings. The summed E-state index contributed by atoms with van der Waals surface area (Å²) in [7, 11) is 1.86. The monoisotopic (exact) mass is 511 g/mol. The maximum atomic E-state index is 5.52. The third-order valence-electron chi connectivity index (χ3n) is 5.33. The third kappa shape index (κ3) is 10.0. The second-order valence-electron chi connectivity index (χ2n) is 8.28. The van der Waals surface area contributed by atoms with Crippen molar-refractivity contribution in [3.8, 4) is 0 Å². The van der Waals surface area contributed by atoms with Crippen LogP contribution in [0.15, 0.2) is 4.99 Å². The molecule has 2 unspecified atom stereocenters. The quantitative estimate of drug-likeness (QED) is 0.278. The number of ether oxygens (including phenoxy) is 2. The number of nitrogens with zero attached hydrogens (tertiary/aromatic N) is 3. The molecule has 2 saturated heterocycles. The van der Waals surface area contributed by atoms with Gasteiger partial charge in [0, 0.05) is 58.9 Å². The first-order valence-corrected chi connectivity index (χ1v) is 10.6. The van der Waals surface area contributed by atoms with Gasteiger partial charge in [-0.2, -0.15) is 0 Å². The second-order valence-corrected chi connectivity index (χ2v) is 8.28. The molecule has 0 saturated carbocycles. The maximum absolute atomic E-state index is 5.52. The van der Waals surface area contributed by atoms with Gasteiger partial charge < -0.3 is 20.1 Å². The van der Waals surface area contributed by atoms with Gasteiger partial charge in [-0.25, -0.2) is 0 Å². The van der Waals surface area contributed by atoms with E-state index in [-0.39, 0.29) is 24.0 Å². The van der Waals surface area contributed by atoms with Crippen molar-refractivity contribution in [2.24, 2.45) is 16.8 Å². The fourth-order valence-electron chi connectivity index (χ4n) is 3.84. The summed E-state index contributed by atoms with van der Waals surface area (Å²) in [6.45, 7) is 17.4. The number of hydrogen-bond acceptors (Lipinski definition) is 5. The lowest BCUT2D eigenvalue weighted by atomic mass is 10.0. The van der Waals surface area contributed by atoms with Crippen LogP contribution in [0.4, 0.5) is 0 Å². The molecule has 0 aliphatic carbocycles. The standard InChI is InChI=1S/C20H41N5O2.HI/c1-17(2)13-19(25-7-11-27-12-8-25)15-23-20(21-4)22-14-18(3)16-24-5-9-26-10-6-24;/h17-19H,5-16H2,1-4H3,(H2,21,22,23);1H. The van der Waals surface area contributed by atoms with Crippen molar-refractivity contribution in [1.29, 1.82) is 0 Å². The van der Waals surface area contributed by atoms with Crippen LogP contribution in [0.25, 0.3) is 0 Å². The minimum absolute atomic E-state index is 0. The zero-order chi connectivity index (χ0) is 19.5. The number of guanidine groups is 1. The SMILES string of the molecule is CN=C(NCC(C)CN1CCOCC1)NCC(CC(C)C)N1CCOCC1.I. The van der Waals surface area contributed by atoms with Gasteiger partial charge in [0.1, 0.15) is 0 Å². The predicted octanol–water partition coefficient (Wildman–Crippen LogP) is 1.48. The number of aliphatic imine (C=N–C) groups is 1. The summed E-state index contributed by atoms with van der Waals surface area (Å²) in [5.41, 5.74) is 0. The molecule has 0 amide bonds. The minimum atomic E-state index is 0. The Balaban J connectivity index is 0.00000392. The topological polar surface area (TPSA) is 61.4 Å². The summed E-state index contributed by atoms with van der Waals surface area (Å²) in [5.74, 6) is 2.17. The highest BCUT2D eigenvalue weighted by atomic mass is 127. The molecule has 2 aliphatic heterocycles. The van der Waals surface area contributed by atoms with Gasteiger partial charge in [0.25, 0.3) is 0 Å². The summed E-state index contributed by atoms with van der Waals surface area (Å²) in [6, 6.07) is 0.526. The number of rotatable bonds is 9. The lowest BCUT2D eigenvalue weighted by Gasteiger charge is -2.36. The van der Waals surface area contributed by atoms with Crippen LogP contribution in [-0.4, -0.2) is 101 Å². The van der Waals surface area contributed by atoms with Crippen molar-refractivity contribution < 1.29 is 9.47 Å². The van der Waals surface area contributed by atoms with Crippen LogP contribution in [-0.2, 0) is 9.47 Å². The fourth-order valence-corrected chi connectivity index (χ4v) is 3.84. The molecule has 28 heavy (non-hydrogen) atoms. The lowest BCUT2D eigenvalue weighted by molar-refractivity contribution is 0.0132. The molecule has 8 heteroatoms. The molecule has 2 rings (SSSR count). The molecule has 2 heterocycles. The molecule has 2 fully saturated rings. The van der Waals surface area contributed by atoms with Gasteiger partial charge in [0.2, 0.25) is 0 Å². The Hall–Kier alpha value is -0.160. The molecular formula is C20H42IN5O2. The molecule has 0 aromatic rings. The van der Waals surface area contributed by atoms with E-state index in [0.29, 0.717) is 17.9 Å². The van der Waals surface area contributed by atoms with E-state index >= 15 is 0 Å². The molecule has 0 aromatic heterocycles. The van der Waals surface area contributed by atoms with Crippen LogP contribution in [0.2, 0.25) is 0 Å². The Morgan fingerprint density at radius 1 is 0.929 bits per heavy atom. The van der Waals surface area contributed by atoms with Crippen LogP contribution in [0.3, 0.4) is 0 Å². The molecule has 0 aromatic carbocycles. The summed E-state index contributed by atoms with van der Waals surface area (Å²) >= 11 is 0. The van der Waals surface area contributed by atoms with Crippen molar-refractivity contribution in [2.75, 3.05) is 79.3 Å². The highest BCUT2D eigenvalue weighted by molar-refractivity contribution is 14.0. The molecule has 0 radical (unpaired) electrons. The first-order valence-electron chi connectivity index (χ1n) is 10.6. The highest BCUT2D eigenvalue weighted by Gasteiger charge is 2.22. The molecular weight excluding hydrogens is 469 g/mol. The molecule has 166 valence electrons. The summed E-state index contributed by atoms with van der Waals surface area (Å²) in [4.78, 5) is 9.47. The first-order chi connectivity index (χ1) is 13.1. The maximum Gasteiger partial charge on any atom is 0.191 e. The van der Waals surface area contributed by atoms with Crippen LogP contribution in [0, 0.1) is 11.8 Å². The van der Waals surface area contributed by atoms with Gasteiger partial charge in [-0.15, -0.1) is 24.0 Å². The minimum Gasteiger partial charge on any atom is -0.379 e. The number of halogens is 1. The van der Waals surface area contributed by atoms with Crippen molar-refractivity contribution in [3.63, 3.8) is 0 Å². The highest BCUT2D eigenvalue weighted by Crippen LogP contribution is 2.13. The van der Waals surface area contributed by atoms with E-state index in [9.17, 15) is 0 Å². The van der Waals surface area contributed by atoms with Crippen LogP contribution in [0.5, 0.6) is 0 Å². The van der Waals surface area contributed by atoms with E-state index < -0.39 is 0 Å². The van der Waals surface area contributed by atoms with Crippen molar-refractivity contribution in [3.05, 3.63) is 0 Å². The molecule has 2 atom stereocenters. The molecule has 0 spiro atoms. The predicted molar refractivity (Wildman–Crippen MR) is 127 cm³/mol. The van der Waals surface area contributed by atoms with E-state index in [1.54, 1.807) is 0 Å². The van der Waals surface area contributed by atoms with E-state index in [1.807, 2.05) is 7.05 Å². The Morgan fingerprint density at radius 2 is 1.50 bits per heavy atom. The van der Waals surface area contributed by atoms with Crippen LogP contribution >= 0.6 is 24.0 Å². The van der Waals surface area contributed by atoms with Crippen LogP contribution in [0.1, 0.15) is 27.2 Å². The van der Waals surface area contributed by atoms with E-state index in [2.05, 4.69) is 46.2 Å². The summed E-state index contributed by atoms with van der Waals surface area (Å²) in [6.07, 6.45) is 1.19. The van der Waals surface area contributed by atoms with Crippen molar-refractivity contribution >= 4 is 29.9 Å². The van der Waals surface area contributed by atoms with Gasteiger partial charge in [0.15, 0.2) is 5.96 Å². The van der Waals surface area contributed by atoms with E-state index in [1.165, 1.54) is 6.42 Å². The average Bonchev–Trinajstić information content (AvgIpc) is 2.68. The zero-order valence-electron chi connectivity index (χ0n) is 18.3. The van der Waals surface area contributed by atoms with Crippen molar-refractivity contribution in [1.82, 2.24) is 20.4 Å². The third-order valence-corrected chi connectivity index (χ3v) is 5.33. The van der Waals surface area contributed by atoms with Crippen molar-refractivity contribution in [2.45, 2.75) is 33.2 Å². The van der Waals surface area contributed by atoms with Gasteiger partial charge in [-0.3, -0.25) is 14.8 Å². The zero-order valence-corrected chi connectivity index (χ0v) is 20.6. The number of hydrogen-bond donors (Lipinski definition) is 2. The smallest absolute Gasteiger partial charge is 0.191 e.